The lowest BCUT2D eigenvalue weighted by atomic mass is 10.0. The Morgan fingerprint density at radius 3 is 2.57 bits per heavy atom. The molecular formula is C18H28N2O. The van der Waals surface area contributed by atoms with Gasteiger partial charge in [0.2, 0.25) is 0 Å². The van der Waals surface area contributed by atoms with Crippen LogP contribution < -0.4 is 0 Å². The molecule has 3 nitrogen and oxygen atoms in total. The minimum Gasteiger partial charge on any atom is -0.308 e. The van der Waals surface area contributed by atoms with Crippen LogP contribution in [-0.2, 0) is 12.8 Å². The third-order valence-electron chi connectivity index (χ3n) is 4.19. The van der Waals surface area contributed by atoms with E-state index in [2.05, 4.69) is 43.0 Å². The van der Waals surface area contributed by atoms with Crippen LogP contribution in [0.25, 0.3) is 0 Å². The van der Waals surface area contributed by atoms with Crippen molar-refractivity contribution in [2.24, 2.45) is 0 Å². The van der Waals surface area contributed by atoms with Crippen molar-refractivity contribution >= 4 is 5.78 Å². The van der Waals surface area contributed by atoms with E-state index in [9.17, 15) is 4.79 Å². The van der Waals surface area contributed by atoms with E-state index in [1.807, 2.05) is 6.07 Å². The largest absolute Gasteiger partial charge is 0.308 e. The van der Waals surface area contributed by atoms with Gasteiger partial charge in [-0.3, -0.25) is 9.69 Å². The molecule has 0 saturated heterocycles. The van der Waals surface area contributed by atoms with Crippen LogP contribution in [0.15, 0.2) is 18.2 Å². The van der Waals surface area contributed by atoms with E-state index in [1.54, 1.807) is 0 Å². The number of rotatable bonds is 8. The van der Waals surface area contributed by atoms with Gasteiger partial charge in [0.15, 0.2) is 5.78 Å². The molecule has 0 atom stereocenters. The summed E-state index contributed by atoms with van der Waals surface area (Å²) in [5.74, 6) is 0.261. The summed E-state index contributed by atoms with van der Waals surface area (Å²) in [6.07, 6.45) is 4.63. The number of likely N-dealkylation sites (N-methyl/N-ethyl adjacent to an activating group) is 1. The van der Waals surface area contributed by atoms with Crippen molar-refractivity contribution in [1.29, 1.82) is 0 Å². The molecule has 0 fully saturated rings. The van der Waals surface area contributed by atoms with Crippen LogP contribution in [0.4, 0.5) is 0 Å². The SMILES string of the molecule is CCCN(CCN(C)C)CC(=O)c1ccc2c(c1)CCC2. The van der Waals surface area contributed by atoms with Gasteiger partial charge in [0.25, 0.3) is 0 Å². The lowest BCUT2D eigenvalue weighted by Gasteiger charge is -2.23. The maximum atomic E-state index is 12.5. The average molecular weight is 288 g/mol. The fourth-order valence-corrected chi connectivity index (χ4v) is 2.97. The minimum atomic E-state index is 0.261. The van der Waals surface area contributed by atoms with Crippen LogP contribution >= 0.6 is 0 Å². The number of hydrogen-bond acceptors (Lipinski definition) is 3. The molecule has 21 heavy (non-hydrogen) atoms. The summed E-state index contributed by atoms with van der Waals surface area (Å²) in [5.41, 5.74) is 3.71. The van der Waals surface area contributed by atoms with Gasteiger partial charge in [-0.2, -0.15) is 0 Å². The molecule has 1 aromatic carbocycles. The highest BCUT2D eigenvalue weighted by Gasteiger charge is 2.16. The molecule has 0 amide bonds. The molecule has 0 bridgehead atoms. The van der Waals surface area contributed by atoms with Gasteiger partial charge >= 0.3 is 0 Å². The van der Waals surface area contributed by atoms with Crippen LogP contribution in [0.1, 0.15) is 41.3 Å². The molecule has 0 N–H and O–H groups in total. The van der Waals surface area contributed by atoms with Crippen molar-refractivity contribution in [2.75, 3.05) is 40.3 Å². The fourth-order valence-electron chi connectivity index (χ4n) is 2.97. The predicted octanol–water partition coefficient (Wildman–Crippen LogP) is 2.63. The Labute approximate surface area is 128 Å². The molecule has 0 unspecified atom stereocenters. The summed E-state index contributed by atoms with van der Waals surface area (Å²) < 4.78 is 0. The van der Waals surface area contributed by atoms with E-state index in [1.165, 1.54) is 24.0 Å². The molecular weight excluding hydrogens is 260 g/mol. The summed E-state index contributed by atoms with van der Waals surface area (Å²) in [4.78, 5) is 17.0. The van der Waals surface area contributed by atoms with Gasteiger partial charge in [0.05, 0.1) is 6.54 Å². The van der Waals surface area contributed by atoms with Gasteiger partial charge in [-0.05, 0) is 63.5 Å². The first-order valence-corrected chi connectivity index (χ1v) is 8.12. The van der Waals surface area contributed by atoms with Crippen molar-refractivity contribution in [2.45, 2.75) is 32.6 Å². The number of Topliss-reactive ketones (excluding diaryl/α,β-unsaturated/α-hetero) is 1. The predicted molar refractivity (Wildman–Crippen MR) is 88.1 cm³/mol. The maximum Gasteiger partial charge on any atom is 0.176 e. The number of ketones is 1. The Bertz CT molecular complexity index is 482. The second kappa shape index (κ2) is 7.71. The zero-order valence-electron chi connectivity index (χ0n) is 13.7. The smallest absolute Gasteiger partial charge is 0.176 e. The third kappa shape index (κ3) is 4.65. The van der Waals surface area contributed by atoms with Crippen LogP contribution in [0.5, 0.6) is 0 Å². The second-order valence-corrected chi connectivity index (χ2v) is 6.34. The lowest BCUT2D eigenvalue weighted by Crippen LogP contribution is -2.36. The highest BCUT2D eigenvalue weighted by molar-refractivity contribution is 5.97. The van der Waals surface area contributed by atoms with Crippen LogP contribution in [0.2, 0.25) is 0 Å². The standard InChI is InChI=1S/C18H28N2O/c1-4-10-20(12-11-19(2)3)14-18(21)17-9-8-15-6-5-7-16(15)13-17/h8-9,13H,4-7,10-12,14H2,1-3H3. The third-order valence-corrected chi connectivity index (χ3v) is 4.19. The molecule has 2 rings (SSSR count). The molecule has 1 aliphatic rings. The van der Waals surface area contributed by atoms with Crippen molar-refractivity contribution in [3.05, 3.63) is 34.9 Å². The molecule has 0 aliphatic heterocycles. The number of fused-ring (bicyclic) bond motifs is 1. The molecule has 0 saturated carbocycles. The number of benzene rings is 1. The molecule has 116 valence electrons. The van der Waals surface area contributed by atoms with E-state index in [4.69, 9.17) is 0 Å². The monoisotopic (exact) mass is 288 g/mol. The Morgan fingerprint density at radius 2 is 1.86 bits per heavy atom. The van der Waals surface area contributed by atoms with Gasteiger partial charge in [0, 0.05) is 18.7 Å². The summed E-state index contributed by atoms with van der Waals surface area (Å²) in [7, 11) is 4.15. The van der Waals surface area contributed by atoms with E-state index in [-0.39, 0.29) is 5.78 Å². The quantitative estimate of drug-likeness (QED) is 0.687. The maximum absolute atomic E-state index is 12.5. The molecule has 3 heteroatoms. The summed E-state index contributed by atoms with van der Waals surface area (Å²) in [6, 6.07) is 6.29. The van der Waals surface area contributed by atoms with Crippen LogP contribution in [-0.4, -0.2) is 55.9 Å². The number of carbonyl (C=O) groups is 1. The number of nitrogens with zero attached hydrogens (tertiary/aromatic N) is 2. The molecule has 0 aromatic heterocycles. The first kappa shape index (κ1) is 16.2. The zero-order valence-corrected chi connectivity index (χ0v) is 13.7. The van der Waals surface area contributed by atoms with Crippen molar-refractivity contribution in [1.82, 2.24) is 9.80 Å². The number of hydrogen-bond donors (Lipinski definition) is 0. The number of aryl methyl sites for hydroxylation is 2. The van der Waals surface area contributed by atoms with Gasteiger partial charge in [-0.1, -0.05) is 19.1 Å². The highest BCUT2D eigenvalue weighted by atomic mass is 16.1. The Morgan fingerprint density at radius 1 is 1.10 bits per heavy atom. The van der Waals surface area contributed by atoms with E-state index in [0.717, 1.165) is 38.0 Å². The van der Waals surface area contributed by atoms with E-state index < -0.39 is 0 Å². The van der Waals surface area contributed by atoms with Crippen LogP contribution in [0, 0.1) is 0 Å². The van der Waals surface area contributed by atoms with E-state index in [0.29, 0.717) is 6.54 Å². The Hall–Kier alpha value is -1.19. The number of carbonyl (C=O) groups excluding carboxylic acids is 1. The van der Waals surface area contributed by atoms with E-state index >= 15 is 0 Å². The van der Waals surface area contributed by atoms with Gasteiger partial charge < -0.3 is 4.90 Å². The zero-order chi connectivity index (χ0) is 15.2. The summed E-state index contributed by atoms with van der Waals surface area (Å²) >= 11 is 0. The Kier molecular flexibility index (Phi) is 5.95. The molecule has 0 radical (unpaired) electrons. The first-order chi connectivity index (χ1) is 10.1. The fraction of sp³-hybridized carbons (Fsp3) is 0.611. The van der Waals surface area contributed by atoms with Crippen LogP contribution in [0.3, 0.4) is 0 Å². The van der Waals surface area contributed by atoms with Gasteiger partial charge in [0.1, 0.15) is 0 Å². The molecule has 1 aromatic rings. The first-order valence-electron chi connectivity index (χ1n) is 8.12. The van der Waals surface area contributed by atoms with Gasteiger partial charge in [-0.25, -0.2) is 0 Å². The highest BCUT2D eigenvalue weighted by Crippen LogP contribution is 2.23. The van der Waals surface area contributed by atoms with Crippen molar-refractivity contribution in [3.63, 3.8) is 0 Å². The van der Waals surface area contributed by atoms with Gasteiger partial charge in [-0.15, -0.1) is 0 Å². The topological polar surface area (TPSA) is 23.6 Å². The summed E-state index contributed by atoms with van der Waals surface area (Å²) in [5, 5.41) is 0. The molecule has 0 spiro atoms. The molecule has 1 aliphatic carbocycles. The average Bonchev–Trinajstić information content (AvgIpc) is 2.92. The van der Waals surface area contributed by atoms with Crippen molar-refractivity contribution < 1.29 is 4.79 Å². The minimum absolute atomic E-state index is 0.261. The molecule has 0 heterocycles. The Balaban J connectivity index is 1.97. The second-order valence-electron chi connectivity index (χ2n) is 6.34. The lowest BCUT2D eigenvalue weighted by molar-refractivity contribution is 0.0925. The summed E-state index contributed by atoms with van der Waals surface area (Å²) in [6.45, 7) is 5.66. The van der Waals surface area contributed by atoms with Crippen molar-refractivity contribution in [3.8, 4) is 0 Å². The normalized spacial score (nSPS) is 14.0.